The van der Waals surface area contributed by atoms with Crippen molar-refractivity contribution in [2.75, 3.05) is 12.4 Å². The molecule has 21 heavy (non-hydrogen) atoms. The van der Waals surface area contributed by atoms with Crippen molar-refractivity contribution in [3.05, 3.63) is 52.8 Å². The number of aromatic nitrogens is 1. The summed E-state index contributed by atoms with van der Waals surface area (Å²) in [5.41, 5.74) is 0.454. The Hall–Kier alpha value is -2.60. The van der Waals surface area contributed by atoms with Gasteiger partial charge < -0.3 is 15.2 Å². The van der Waals surface area contributed by atoms with Gasteiger partial charge in [0, 0.05) is 12.4 Å². The first kappa shape index (κ1) is 14.8. The first-order valence-corrected chi connectivity index (χ1v) is 6.23. The van der Waals surface area contributed by atoms with Crippen LogP contribution < -0.4 is 10.1 Å². The van der Waals surface area contributed by atoms with Gasteiger partial charge in [-0.3, -0.25) is 9.78 Å². The minimum atomic E-state index is -1.16. The fraction of sp³-hybridized carbons (Fsp3) is 0.0714. The zero-order chi connectivity index (χ0) is 15.4. The average molecular weight is 307 g/mol. The van der Waals surface area contributed by atoms with E-state index >= 15 is 0 Å². The van der Waals surface area contributed by atoms with E-state index in [-0.39, 0.29) is 22.0 Å². The van der Waals surface area contributed by atoms with E-state index < -0.39 is 11.9 Å². The summed E-state index contributed by atoms with van der Waals surface area (Å²) < 4.78 is 5.09. The molecule has 6 nitrogen and oxygen atoms in total. The number of carboxylic acids is 1. The average Bonchev–Trinajstić information content (AvgIpc) is 2.47. The van der Waals surface area contributed by atoms with Gasteiger partial charge in [0.2, 0.25) is 0 Å². The predicted molar refractivity (Wildman–Crippen MR) is 77.2 cm³/mol. The number of carboxylic acid groups (broad SMARTS) is 1. The maximum absolute atomic E-state index is 12.1. The summed E-state index contributed by atoms with van der Waals surface area (Å²) in [5.74, 6) is -1.41. The number of carbonyl (C=O) groups excluding carboxylic acids is 1. The molecular weight excluding hydrogens is 296 g/mol. The van der Waals surface area contributed by atoms with Crippen LogP contribution in [0.5, 0.6) is 5.75 Å². The Morgan fingerprint density at radius 1 is 1.33 bits per heavy atom. The molecule has 1 heterocycles. The lowest BCUT2D eigenvalue weighted by Crippen LogP contribution is -2.13. The van der Waals surface area contributed by atoms with Crippen LogP contribution in [-0.2, 0) is 0 Å². The Labute approximate surface area is 125 Å². The summed E-state index contributed by atoms with van der Waals surface area (Å²) >= 11 is 5.96. The van der Waals surface area contributed by atoms with E-state index in [1.807, 2.05) is 0 Å². The first-order valence-electron chi connectivity index (χ1n) is 5.85. The number of carbonyl (C=O) groups is 2. The molecule has 2 N–H and O–H groups in total. The molecule has 0 aliphatic rings. The minimum absolute atomic E-state index is 0.0534. The van der Waals surface area contributed by atoms with Crippen LogP contribution in [0.25, 0.3) is 0 Å². The van der Waals surface area contributed by atoms with Crippen molar-refractivity contribution in [3.8, 4) is 5.75 Å². The van der Waals surface area contributed by atoms with Crippen molar-refractivity contribution in [1.29, 1.82) is 0 Å². The van der Waals surface area contributed by atoms with E-state index in [4.69, 9.17) is 21.4 Å². The van der Waals surface area contributed by atoms with Gasteiger partial charge in [-0.2, -0.15) is 0 Å². The molecule has 2 rings (SSSR count). The largest absolute Gasteiger partial charge is 0.493 e. The molecule has 0 bridgehead atoms. The van der Waals surface area contributed by atoms with Gasteiger partial charge in [-0.1, -0.05) is 11.6 Å². The number of amides is 1. The third kappa shape index (κ3) is 3.29. The van der Waals surface area contributed by atoms with Crippen molar-refractivity contribution in [1.82, 2.24) is 4.98 Å². The standard InChI is InChI=1S/C14H11ClN2O4/c1-21-12-10(15)5-9(14(19)20)6-11(12)17-13(18)8-3-2-4-16-7-8/h2-7H,1H3,(H,17,18)(H,19,20). The molecule has 7 heteroatoms. The second-order valence-electron chi connectivity index (χ2n) is 4.04. The zero-order valence-electron chi connectivity index (χ0n) is 11.0. The molecular formula is C14H11ClN2O4. The number of hydrogen-bond acceptors (Lipinski definition) is 4. The number of nitrogens with one attached hydrogen (secondary N) is 1. The van der Waals surface area contributed by atoms with Crippen molar-refractivity contribution in [2.24, 2.45) is 0 Å². The molecule has 0 saturated carbocycles. The number of methoxy groups -OCH3 is 1. The van der Waals surface area contributed by atoms with Crippen LogP contribution in [-0.4, -0.2) is 29.1 Å². The van der Waals surface area contributed by atoms with Crippen LogP contribution in [0, 0.1) is 0 Å². The molecule has 108 valence electrons. The summed E-state index contributed by atoms with van der Waals surface area (Å²) in [4.78, 5) is 27.0. The Morgan fingerprint density at radius 3 is 2.67 bits per heavy atom. The summed E-state index contributed by atoms with van der Waals surface area (Å²) in [5, 5.41) is 11.7. The van der Waals surface area contributed by atoms with Gasteiger partial charge in [-0.25, -0.2) is 4.79 Å². The van der Waals surface area contributed by atoms with Crippen molar-refractivity contribution >= 4 is 29.2 Å². The molecule has 0 saturated heterocycles. The van der Waals surface area contributed by atoms with Crippen LogP contribution in [0.4, 0.5) is 5.69 Å². The monoisotopic (exact) mass is 306 g/mol. The number of nitrogens with zero attached hydrogens (tertiary/aromatic N) is 1. The number of ether oxygens (including phenoxy) is 1. The van der Waals surface area contributed by atoms with Crippen LogP contribution in [0.1, 0.15) is 20.7 Å². The zero-order valence-corrected chi connectivity index (χ0v) is 11.7. The first-order chi connectivity index (χ1) is 10.0. The van der Waals surface area contributed by atoms with E-state index in [1.165, 1.54) is 25.4 Å². The highest BCUT2D eigenvalue weighted by Gasteiger charge is 2.16. The summed E-state index contributed by atoms with van der Waals surface area (Å²) in [6.45, 7) is 0. The molecule has 1 aromatic heterocycles. The van der Waals surface area contributed by atoms with Crippen LogP contribution in [0.2, 0.25) is 5.02 Å². The van der Waals surface area contributed by atoms with Crippen molar-refractivity contribution in [2.45, 2.75) is 0 Å². The summed E-state index contributed by atoms with van der Waals surface area (Å²) in [6.07, 6.45) is 2.93. The van der Waals surface area contributed by atoms with Gasteiger partial charge in [0.1, 0.15) is 0 Å². The number of halogens is 1. The van der Waals surface area contributed by atoms with E-state index in [1.54, 1.807) is 18.3 Å². The second kappa shape index (κ2) is 6.23. The molecule has 0 spiro atoms. The Bertz CT molecular complexity index is 689. The predicted octanol–water partition coefficient (Wildman–Crippen LogP) is 2.69. The van der Waals surface area contributed by atoms with Crippen molar-refractivity contribution < 1.29 is 19.4 Å². The highest BCUT2D eigenvalue weighted by Crippen LogP contribution is 2.34. The highest BCUT2D eigenvalue weighted by molar-refractivity contribution is 6.33. The van der Waals surface area contributed by atoms with Gasteiger partial charge in [-0.05, 0) is 24.3 Å². The molecule has 0 radical (unpaired) electrons. The normalized spacial score (nSPS) is 10.0. The third-order valence-corrected chi connectivity index (χ3v) is 2.95. The number of pyridine rings is 1. The maximum Gasteiger partial charge on any atom is 0.335 e. The second-order valence-corrected chi connectivity index (χ2v) is 4.45. The molecule has 0 fully saturated rings. The molecule has 1 aromatic carbocycles. The van der Waals surface area contributed by atoms with E-state index in [0.29, 0.717) is 5.56 Å². The van der Waals surface area contributed by atoms with E-state index in [9.17, 15) is 9.59 Å². The number of aromatic carboxylic acids is 1. The van der Waals surface area contributed by atoms with E-state index in [0.717, 1.165) is 0 Å². The van der Waals surface area contributed by atoms with Gasteiger partial charge >= 0.3 is 5.97 Å². The topological polar surface area (TPSA) is 88.5 Å². The Kier molecular flexibility index (Phi) is 4.39. The number of benzene rings is 1. The molecule has 0 aliphatic carbocycles. The van der Waals surface area contributed by atoms with Crippen LogP contribution >= 0.6 is 11.6 Å². The lowest BCUT2D eigenvalue weighted by Gasteiger charge is -2.12. The number of anilines is 1. The molecule has 0 unspecified atom stereocenters. The Morgan fingerprint density at radius 2 is 2.10 bits per heavy atom. The summed E-state index contributed by atoms with van der Waals surface area (Å²) in [7, 11) is 1.38. The lowest BCUT2D eigenvalue weighted by molar-refractivity contribution is 0.0696. The quantitative estimate of drug-likeness (QED) is 0.906. The van der Waals surface area contributed by atoms with Gasteiger partial charge in [0.05, 0.1) is 28.9 Å². The van der Waals surface area contributed by atoms with E-state index in [2.05, 4.69) is 10.3 Å². The van der Waals surface area contributed by atoms with Gasteiger partial charge in [0.15, 0.2) is 5.75 Å². The molecule has 2 aromatic rings. The smallest absolute Gasteiger partial charge is 0.335 e. The van der Waals surface area contributed by atoms with Gasteiger partial charge in [0.25, 0.3) is 5.91 Å². The van der Waals surface area contributed by atoms with Crippen LogP contribution in [0.15, 0.2) is 36.7 Å². The fourth-order valence-corrected chi connectivity index (χ4v) is 2.01. The third-order valence-electron chi connectivity index (χ3n) is 2.67. The van der Waals surface area contributed by atoms with Crippen LogP contribution in [0.3, 0.4) is 0 Å². The molecule has 0 atom stereocenters. The minimum Gasteiger partial charge on any atom is -0.493 e. The van der Waals surface area contributed by atoms with Crippen molar-refractivity contribution in [3.63, 3.8) is 0 Å². The highest BCUT2D eigenvalue weighted by atomic mass is 35.5. The van der Waals surface area contributed by atoms with Gasteiger partial charge in [-0.15, -0.1) is 0 Å². The molecule has 1 amide bonds. The molecule has 0 aliphatic heterocycles. The summed E-state index contributed by atoms with van der Waals surface area (Å²) in [6, 6.07) is 5.73. The maximum atomic E-state index is 12.1. The number of rotatable bonds is 4. The fourth-order valence-electron chi connectivity index (χ4n) is 1.71. The Balaban J connectivity index is 2.38. The lowest BCUT2D eigenvalue weighted by atomic mass is 10.1. The number of hydrogen-bond donors (Lipinski definition) is 2. The SMILES string of the molecule is COc1c(Cl)cc(C(=O)O)cc1NC(=O)c1cccnc1.